The maximum absolute atomic E-state index is 11.6. The second-order valence-corrected chi connectivity index (χ2v) is 6.20. The summed E-state index contributed by atoms with van der Waals surface area (Å²) < 4.78 is 10.9. The number of hydrogen-bond donors (Lipinski definition) is 2. The van der Waals surface area contributed by atoms with Crippen LogP contribution in [0.3, 0.4) is 0 Å². The Bertz CT molecular complexity index is 594. The van der Waals surface area contributed by atoms with Gasteiger partial charge in [0.05, 0.1) is 6.61 Å². The minimum atomic E-state index is 0. The predicted octanol–water partition coefficient (Wildman–Crippen LogP) is 2.17. The third kappa shape index (κ3) is 10.4. The number of ether oxygens (including phenoxy) is 2. The molecular weight excluding hydrogens is 459 g/mol. The van der Waals surface area contributed by atoms with Crippen molar-refractivity contribution >= 4 is 35.8 Å². The van der Waals surface area contributed by atoms with Gasteiger partial charge in [0, 0.05) is 66.4 Å². The average molecular weight is 492 g/mol. The van der Waals surface area contributed by atoms with E-state index in [9.17, 15) is 4.79 Å². The van der Waals surface area contributed by atoms with Crippen LogP contribution in [0.1, 0.15) is 24.0 Å². The van der Waals surface area contributed by atoms with Crippen molar-refractivity contribution in [2.75, 3.05) is 48.0 Å². The average Bonchev–Trinajstić information content (AvgIpc) is 2.62. The van der Waals surface area contributed by atoms with Gasteiger partial charge in [0.25, 0.3) is 0 Å². The number of rotatable bonds is 10. The Morgan fingerprint density at radius 1 is 1.22 bits per heavy atom. The van der Waals surface area contributed by atoms with E-state index in [1.807, 2.05) is 13.0 Å². The second kappa shape index (κ2) is 14.5. The van der Waals surface area contributed by atoms with Crippen molar-refractivity contribution in [2.45, 2.75) is 26.3 Å². The van der Waals surface area contributed by atoms with E-state index < -0.39 is 0 Å². The molecule has 1 amide bonds. The molecule has 154 valence electrons. The third-order valence-corrected chi connectivity index (χ3v) is 3.77. The fourth-order valence-corrected chi connectivity index (χ4v) is 2.24. The lowest BCUT2D eigenvalue weighted by molar-refractivity contribution is -0.128. The Hall–Kier alpha value is -1.55. The molecule has 7 nitrogen and oxygen atoms in total. The standard InChI is InChI=1S/C19H32N4O3.HI/c1-15-7-8-16(17(13-15)26-12-6-11-25-5)14-22-19(20-2)21-10-9-18(24)23(3)4;/h7-8,13H,6,9-12,14H2,1-5H3,(H2,20,21,22);1H. The van der Waals surface area contributed by atoms with E-state index in [1.165, 1.54) is 0 Å². The number of halogens is 1. The zero-order valence-corrected chi connectivity index (χ0v) is 19.3. The number of hydrogen-bond acceptors (Lipinski definition) is 4. The Morgan fingerprint density at radius 3 is 2.59 bits per heavy atom. The van der Waals surface area contributed by atoms with Crippen LogP contribution in [0.4, 0.5) is 0 Å². The number of carbonyl (C=O) groups excluding carboxylic acids is 1. The fourth-order valence-electron chi connectivity index (χ4n) is 2.24. The Labute approximate surface area is 179 Å². The van der Waals surface area contributed by atoms with Gasteiger partial charge in [-0.3, -0.25) is 9.79 Å². The monoisotopic (exact) mass is 492 g/mol. The molecular formula is C19H33IN4O3. The van der Waals surface area contributed by atoms with Gasteiger partial charge in [0.15, 0.2) is 5.96 Å². The molecule has 0 fully saturated rings. The minimum absolute atomic E-state index is 0. The summed E-state index contributed by atoms with van der Waals surface area (Å²) in [6.07, 6.45) is 1.27. The number of guanidine groups is 1. The number of aliphatic imine (C=N–C) groups is 1. The van der Waals surface area contributed by atoms with Crippen LogP contribution in [0.25, 0.3) is 0 Å². The first-order valence-electron chi connectivity index (χ1n) is 8.83. The van der Waals surface area contributed by atoms with E-state index in [-0.39, 0.29) is 29.9 Å². The highest BCUT2D eigenvalue weighted by Gasteiger charge is 2.07. The van der Waals surface area contributed by atoms with Crippen molar-refractivity contribution in [3.05, 3.63) is 29.3 Å². The molecule has 0 saturated heterocycles. The quantitative estimate of drug-likeness (QED) is 0.227. The minimum Gasteiger partial charge on any atom is -0.493 e. The van der Waals surface area contributed by atoms with E-state index in [1.54, 1.807) is 33.2 Å². The summed E-state index contributed by atoms with van der Waals surface area (Å²) in [4.78, 5) is 17.4. The number of aryl methyl sites for hydroxylation is 1. The molecule has 0 bridgehead atoms. The largest absolute Gasteiger partial charge is 0.493 e. The summed E-state index contributed by atoms with van der Waals surface area (Å²) >= 11 is 0. The zero-order chi connectivity index (χ0) is 19.4. The summed E-state index contributed by atoms with van der Waals surface area (Å²) in [5, 5.41) is 6.41. The van der Waals surface area contributed by atoms with Crippen LogP contribution in [0.2, 0.25) is 0 Å². The van der Waals surface area contributed by atoms with Gasteiger partial charge in [-0.25, -0.2) is 0 Å². The van der Waals surface area contributed by atoms with E-state index >= 15 is 0 Å². The van der Waals surface area contributed by atoms with Crippen LogP contribution in [0, 0.1) is 6.92 Å². The van der Waals surface area contributed by atoms with Crippen LogP contribution >= 0.6 is 24.0 Å². The molecule has 0 aliphatic heterocycles. The molecule has 0 spiro atoms. The van der Waals surface area contributed by atoms with Crippen molar-refractivity contribution < 1.29 is 14.3 Å². The Balaban J connectivity index is 0.00000676. The normalized spacial score (nSPS) is 10.8. The molecule has 0 radical (unpaired) electrons. The van der Waals surface area contributed by atoms with Crippen molar-refractivity contribution in [3.8, 4) is 5.75 Å². The van der Waals surface area contributed by atoms with Crippen LogP contribution in [0.15, 0.2) is 23.2 Å². The van der Waals surface area contributed by atoms with Gasteiger partial charge in [-0.1, -0.05) is 12.1 Å². The maximum Gasteiger partial charge on any atom is 0.223 e. The molecule has 1 aromatic rings. The van der Waals surface area contributed by atoms with Gasteiger partial charge in [0.2, 0.25) is 5.91 Å². The molecule has 0 aliphatic rings. The third-order valence-electron chi connectivity index (χ3n) is 3.77. The Morgan fingerprint density at radius 2 is 1.96 bits per heavy atom. The first-order chi connectivity index (χ1) is 12.5. The van der Waals surface area contributed by atoms with Crippen LogP contribution in [0.5, 0.6) is 5.75 Å². The second-order valence-electron chi connectivity index (χ2n) is 6.20. The molecule has 0 atom stereocenters. The highest BCUT2D eigenvalue weighted by Crippen LogP contribution is 2.20. The Kier molecular flexibility index (Phi) is 13.7. The molecule has 0 saturated carbocycles. The van der Waals surface area contributed by atoms with Gasteiger partial charge >= 0.3 is 0 Å². The molecule has 1 rings (SSSR count). The number of nitrogens with zero attached hydrogens (tertiary/aromatic N) is 2. The topological polar surface area (TPSA) is 75.2 Å². The van der Waals surface area contributed by atoms with Crippen LogP contribution < -0.4 is 15.4 Å². The van der Waals surface area contributed by atoms with Gasteiger partial charge < -0.3 is 25.0 Å². The summed E-state index contributed by atoms with van der Waals surface area (Å²) in [6, 6.07) is 6.15. The molecule has 0 aromatic heterocycles. The molecule has 2 N–H and O–H groups in total. The number of methoxy groups -OCH3 is 1. The molecule has 0 unspecified atom stereocenters. The van der Waals surface area contributed by atoms with E-state index in [0.717, 1.165) is 23.3 Å². The van der Waals surface area contributed by atoms with E-state index in [4.69, 9.17) is 9.47 Å². The molecule has 0 heterocycles. The lowest BCUT2D eigenvalue weighted by Gasteiger charge is -2.16. The molecule has 27 heavy (non-hydrogen) atoms. The highest BCUT2D eigenvalue weighted by atomic mass is 127. The molecule has 1 aromatic carbocycles. The van der Waals surface area contributed by atoms with Gasteiger partial charge in [0.1, 0.15) is 5.75 Å². The van der Waals surface area contributed by atoms with E-state index in [0.29, 0.717) is 38.7 Å². The van der Waals surface area contributed by atoms with Gasteiger partial charge in [-0.2, -0.15) is 0 Å². The first-order valence-corrected chi connectivity index (χ1v) is 8.83. The number of amides is 1. The maximum atomic E-state index is 11.6. The van der Waals surface area contributed by atoms with Crippen molar-refractivity contribution in [1.29, 1.82) is 0 Å². The molecule has 0 aliphatic carbocycles. The SMILES string of the molecule is CN=C(NCCC(=O)N(C)C)NCc1ccc(C)cc1OCCCOC.I. The lowest BCUT2D eigenvalue weighted by atomic mass is 10.1. The summed E-state index contributed by atoms with van der Waals surface area (Å²) in [5.74, 6) is 1.60. The summed E-state index contributed by atoms with van der Waals surface area (Å²) in [7, 11) is 6.90. The fraction of sp³-hybridized carbons (Fsp3) is 0.579. The van der Waals surface area contributed by atoms with Crippen molar-refractivity contribution in [2.24, 2.45) is 4.99 Å². The zero-order valence-electron chi connectivity index (χ0n) is 17.0. The predicted molar refractivity (Wildman–Crippen MR) is 120 cm³/mol. The summed E-state index contributed by atoms with van der Waals surface area (Å²) in [6.45, 7) is 4.46. The van der Waals surface area contributed by atoms with Crippen molar-refractivity contribution in [3.63, 3.8) is 0 Å². The van der Waals surface area contributed by atoms with Gasteiger partial charge in [-0.15, -0.1) is 24.0 Å². The van der Waals surface area contributed by atoms with Gasteiger partial charge in [-0.05, 0) is 18.6 Å². The van der Waals surface area contributed by atoms with Crippen molar-refractivity contribution in [1.82, 2.24) is 15.5 Å². The highest BCUT2D eigenvalue weighted by molar-refractivity contribution is 14.0. The van der Waals surface area contributed by atoms with Crippen LogP contribution in [-0.4, -0.2) is 64.8 Å². The smallest absolute Gasteiger partial charge is 0.223 e. The summed E-state index contributed by atoms with van der Waals surface area (Å²) in [5.41, 5.74) is 2.21. The number of nitrogens with one attached hydrogen (secondary N) is 2. The van der Waals surface area contributed by atoms with Crippen LogP contribution in [-0.2, 0) is 16.1 Å². The number of benzene rings is 1. The first kappa shape index (κ1) is 25.4. The molecule has 8 heteroatoms. The van der Waals surface area contributed by atoms with E-state index in [2.05, 4.69) is 27.8 Å². The number of carbonyl (C=O) groups is 1. The lowest BCUT2D eigenvalue weighted by Crippen LogP contribution is -2.38.